The quantitative estimate of drug-likeness (QED) is 0.755. The molecule has 0 aromatic heterocycles. The summed E-state index contributed by atoms with van der Waals surface area (Å²) in [6.45, 7) is 6.13. The van der Waals surface area contributed by atoms with Crippen LogP contribution >= 0.6 is 0 Å². The molecule has 1 saturated heterocycles. The average molecular weight is 376 g/mol. The maximum atomic E-state index is 12.5. The number of carboxylic acid groups (broad SMARTS) is 1. The van der Waals surface area contributed by atoms with Crippen molar-refractivity contribution in [3.05, 3.63) is 29.8 Å². The van der Waals surface area contributed by atoms with Crippen LogP contribution in [0.15, 0.2) is 24.3 Å². The number of aliphatic carboxylic acids is 1. The lowest BCUT2D eigenvalue weighted by Gasteiger charge is -2.25. The largest absolute Gasteiger partial charge is 0.493 e. The molecule has 1 aliphatic rings. The number of amides is 1. The zero-order valence-corrected chi connectivity index (χ0v) is 16.7. The second-order valence-corrected chi connectivity index (χ2v) is 7.60. The Kier molecular flexibility index (Phi) is 8.10. The summed E-state index contributed by atoms with van der Waals surface area (Å²) in [5.41, 5.74) is 1.27. The predicted octanol–water partition coefficient (Wildman–Crippen LogP) is 2.98. The minimum absolute atomic E-state index is 0.0437. The highest BCUT2D eigenvalue weighted by Gasteiger charge is 2.23. The second-order valence-electron chi connectivity index (χ2n) is 7.60. The lowest BCUT2D eigenvalue weighted by Crippen LogP contribution is -2.37. The van der Waals surface area contributed by atoms with E-state index in [1.54, 1.807) is 0 Å². The Balaban J connectivity index is 1.75. The van der Waals surface area contributed by atoms with Crippen LogP contribution in [-0.2, 0) is 9.59 Å². The van der Waals surface area contributed by atoms with Crippen LogP contribution in [0.1, 0.15) is 51.0 Å². The van der Waals surface area contributed by atoms with Gasteiger partial charge in [-0.25, -0.2) is 0 Å². The Hall–Kier alpha value is -2.08. The zero-order valence-electron chi connectivity index (χ0n) is 16.7. The van der Waals surface area contributed by atoms with Crippen molar-refractivity contribution in [1.82, 2.24) is 9.80 Å². The van der Waals surface area contributed by atoms with Crippen LogP contribution < -0.4 is 4.74 Å². The molecule has 1 heterocycles. The van der Waals surface area contributed by atoms with Gasteiger partial charge in [0.15, 0.2) is 0 Å². The highest BCUT2D eigenvalue weighted by molar-refractivity contribution is 5.76. The van der Waals surface area contributed by atoms with Crippen molar-refractivity contribution in [1.29, 1.82) is 0 Å². The van der Waals surface area contributed by atoms with Gasteiger partial charge in [-0.2, -0.15) is 0 Å². The van der Waals surface area contributed by atoms with Gasteiger partial charge in [0.05, 0.1) is 19.6 Å². The van der Waals surface area contributed by atoms with Crippen LogP contribution in [0.25, 0.3) is 0 Å². The standard InChI is InChI=1S/C21H32N2O4/c1-16(2)17-6-8-19(9-7-17)27-14-11-20(24)23-12-4-5-18(10-13-23)22(3)15-21(25)26/h6-9,16,18H,4-5,10-15H2,1-3H3,(H,25,26). The van der Waals surface area contributed by atoms with E-state index in [2.05, 4.69) is 26.0 Å². The molecule has 0 radical (unpaired) electrons. The summed E-state index contributed by atoms with van der Waals surface area (Å²) < 4.78 is 5.72. The van der Waals surface area contributed by atoms with E-state index < -0.39 is 5.97 Å². The molecule has 1 N–H and O–H groups in total. The van der Waals surface area contributed by atoms with E-state index in [0.29, 0.717) is 25.5 Å². The molecule has 0 aliphatic carbocycles. The first kappa shape index (κ1) is 21.2. The number of ether oxygens (including phenoxy) is 1. The second kappa shape index (κ2) is 10.3. The van der Waals surface area contributed by atoms with Crippen LogP contribution in [0.4, 0.5) is 0 Å². The summed E-state index contributed by atoms with van der Waals surface area (Å²) in [6, 6.07) is 8.24. The van der Waals surface area contributed by atoms with E-state index >= 15 is 0 Å². The number of likely N-dealkylation sites (tertiary alicyclic amines) is 1. The third-order valence-corrected chi connectivity index (χ3v) is 5.19. The summed E-state index contributed by atoms with van der Waals surface area (Å²) >= 11 is 0. The smallest absolute Gasteiger partial charge is 0.317 e. The Bertz CT molecular complexity index is 615. The van der Waals surface area contributed by atoms with Crippen LogP contribution in [0, 0.1) is 0 Å². The Morgan fingerprint density at radius 1 is 1.22 bits per heavy atom. The fraction of sp³-hybridized carbons (Fsp3) is 0.619. The normalized spacial score (nSPS) is 17.8. The zero-order chi connectivity index (χ0) is 19.8. The van der Waals surface area contributed by atoms with Crippen LogP contribution in [-0.4, -0.2) is 66.1 Å². The molecule has 1 aromatic rings. The number of carboxylic acids is 1. The van der Waals surface area contributed by atoms with Gasteiger partial charge in [-0.15, -0.1) is 0 Å². The van der Waals surface area contributed by atoms with Crippen molar-refractivity contribution in [3.63, 3.8) is 0 Å². The molecule has 0 saturated carbocycles. The topological polar surface area (TPSA) is 70.1 Å². The van der Waals surface area contributed by atoms with Crippen molar-refractivity contribution >= 4 is 11.9 Å². The third-order valence-electron chi connectivity index (χ3n) is 5.19. The van der Waals surface area contributed by atoms with E-state index in [0.717, 1.165) is 31.6 Å². The highest BCUT2D eigenvalue weighted by Crippen LogP contribution is 2.19. The Morgan fingerprint density at radius 3 is 2.56 bits per heavy atom. The number of hydrogen-bond acceptors (Lipinski definition) is 4. The first-order valence-electron chi connectivity index (χ1n) is 9.79. The molecular weight excluding hydrogens is 344 g/mol. The fourth-order valence-corrected chi connectivity index (χ4v) is 3.47. The van der Waals surface area contributed by atoms with Gasteiger partial charge in [0.25, 0.3) is 0 Å². The molecule has 1 aromatic carbocycles. The van der Waals surface area contributed by atoms with E-state index in [1.807, 2.05) is 29.0 Å². The fourth-order valence-electron chi connectivity index (χ4n) is 3.47. The molecule has 1 fully saturated rings. The molecule has 6 heteroatoms. The van der Waals surface area contributed by atoms with E-state index in [4.69, 9.17) is 9.84 Å². The van der Waals surface area contributed by atoms with Crippen molar-refractivity contribution in [2.45, 2.75) is 51.5 Å². The Labute approximate surface area is 162 Å². The van der Waals surface area contributed by atoms with Gasteiger partial charge >= 0.3 is 5.97 Å². The predicted molar refractivity (Wildman–Crippen MR) is 105 cm³/mol. The SMILES string of the molecule is CC(C)c1ccc(OCCC(=O)N2CCCC(N(C)CC(=O)O)CC2)cc1. The molecule has 0 spiro atoms. The minimum Gasteiger partial charge on any atom is -0.493 e. The van der Waals surface area contributed by atoms with Gasteiger partial charge < -0.3 is 14.7 Å². The maximum Gasteiger partial charge on any atom is 0.317 e. The molecule has 2 rings (SSSR count). The van der Waals surface area contributed by atoms with Gasteiger partial charge in [0.2, 0.25) is 5.91 Å². The third kappa shape index (κ3) is 6.86. The van der Waals surface area contributed by atoms with E-state index in [-0.39, 0.29) is 18.5 Å². The van der Waals surface area contributed by atoms with Gasteiger partial charge in [-0.1, -0.05) is 26.0 Å². The molecule has 1 amide bonds. The van der Waals surface area contributed by atoms with Crippen molar-refractivity contribution < 1.29 is 19.4 Å². The number of benzene rings is 1. The molecular formula is C21H32N2O4. The van der Waals surface area contributed by atoms with Crippen LogP contribution in [0.2, 0.25) is 0 Å². The monoisotopic (exact) mass is 376 g/mol. The van der Waals surface area contributed by atoms with Gasteiger partial charge in [-0.3, -0.25) is 14.5 Å². The number of nitrogens with zero attached hydrogens (tertiary/aromatic N) is 2. The number of likely N-dealkylation sites (N-methyl/N-ethyl adjacent to an activating group) is 1. The summed E-state index contributed by atoms with van der Waals surface area (Å²) in [5, 5.41) is 8.94. The molecule has 27 heavy (non-hydrogen) atoms. The molecule has 1 atom stereocenters. The molecule has 1 unspecified atom stereocenters. The lowest BCUT2D eigenvalue weighted by molar-refractivity contribution is -0.138. The first-order valence-corrected chi connectivity index (χ1v) is 9.79. The van der Waals surface area contributed by atoms with E-state index in [1.165, 1.54) is 5.56 Å². The molecule has 150 valence electrons. The average Bonchev–Trinajstić information content (AvgIpc) is 2.88. The number of carbonyl (C=O) groups is 2. The molecule has 0 bridgehead atoms. The summed E-state index contributed by atoms with van der Waals surface area (Å²) in [6.07, 6.45) is 3.00. The maximum absolute atomic E-state index is 12.5. The van der Waals surface area contributed by atoms with Gasteiger partial charge in [0.1, 0.15) is 5.75 Å². The summed E-state index contributed by atoms with van der Waals surface area (Å²) in [7, 11) is 1.84. The van der Waals surface area contributed by atoms with Crippen molar-refractivity contribution in [2.24, 2.45) is 0 Å². The van der Waals surface area contributed by atoms with Gasteiger partial charge in [-0.05, 0) is 49.9 Å². The van der Waals surface area contributed by atoms with Crippen LogP contribution in [0.3, 0.4) is 0 Å². The van der Waals surface area contributed by atoms with Crippen molar-refractivity contribution in [2.75, 3.05) is 33.3 Å². The number of rotatable bonds is 8. The van der Waals surface area contributed by atoms with Crippen molar-refractivity contribution in [3.8, 4) is 5.75 Å². The van der Waals surface area contributed by atoms with Crippen LogP contribution in [0.5, 0.6) is 5.75 Å². The molecule has 1 aliphatic heterocycles. The Morgan fingerprint density at radius 2 is 1.93 bits per heavy atom. The number of hydrogen-bond donors (Lipinski definition) is 1. The minimum atomic E-state index is -0.812. The summed E-state index contributed by atoms with van der Waals surface area (Å²) in [5.74, 6) is 0.573. The highest BCUT2D eigenvalue weighted by atomic mass is 16.5. The molecule has 6 nitrogen and oxygen atoms in total. The van der Waals surface area contributed by atoms with Gasteiger partial charge in [0, 0.05) is 19.1 Å². The van der Waals surface area contributed by atoms with E-state index in [9.17, 15) is 9.59 Å². The number of carbonyl (C=O) groups excluding carboxylic acids is 1. The first-order chi connectivity index (χ1) is 12.9. The lowest BCUT2D eigenvalue weighted by atomic mass is 10.0. The summed E-state index contributed by atoms with van der Waals surface area (Å²) in [4.78, 5) is 27.1.